The van der Waals surface area contributed by atoms with E-state index in [1.54, 1.807) is 0 Å². The zero-order valence-electron chi connectivity index (χ0n) is 36.7. The lowest BCUT2D eigenvalue weighted by atomic mass is 10.1. The molecule has 0 radical (unpaired) electrons. The van der Waals surface area contributed by atoms with Crippen LogP contribution >= 0.6 is 7.82 Å². The van der Waals surface area contributed by atoms with Crippen LogP contribution in [0.1, 0.15) is 194 Å². The van der Waals surface area contributed by atoms with Crippen LogP contribution in [0.15, 0.2) is 85.1 Å². The van der Waals surface area contributed by atoms with Gasteiger partial charge in [0, 0.05) is 12.8 Å². The van der Waals surface area contributed by atoms with E-state index in [4.69, 9.17) is 19.3 Å². The number of hydrogen-bond donors (Lipinski definition) is 2. The molecular formula is C49H83O8P. The second-order valence-electron chi connectivity index (χ2n) is 15.0. The molecule has 0 spiro atoms. The Morgan fingerprint density at radius 2 is 0.862 bits per heavy atom. The van der Waals surface area contributed by atoms with Gasteiger partial charge in [-0.1, -0.05) is 189 Å². The lowest BCUT2D eigenvalue weighted by molar-refractivity contribution is -0.161. The molecule has 0 amide bonds. The van der Waals surface area contributed by atoms with Crippen LogP contribution in [0.4, 0.5) is 0 Å². The van der Waals surface area contributed by atoms with Crippen molar-refractivity contribution in [3.63, 3.8) is 0 Å². The van der Waals surface area contributed by atoms with Gasteiger partial charge in [-0.15, -0.1) is 0 Å². The summed E-state index contributed by atoms with van der Waals surface area (Å²) in [7, 11) is -4.78. The Labute approximate surface area is 354 Å². The van der Waals surface area contributed by atoms with Gasteiger partial charge in [0.05, 0.1) is 6.61 Å². The van der Waals surface area contributed by atoms with Crippen LogP contribution in [-0.4, -0.2) is 41.0 Å². The van der Waals surface area contributed by atoms with E-state index in [1.165, 1.54) is 96.3 Å². The van der Waals surface area contributed by atoms with E-state index in [-0.39, 0.29) is 19.4 Å². The highest BCUT2D eigenvalue weighted by atomic mass is 31.2. The molecule has 2 N–H and O–H groups in total. The number of carbonyl (C=O) groups is 2. The molecule has 8 nitrogen and oxygen atoms in total. The second-order valence-corrected chi connectivity index (χ2v) is 16.2. The van der Waals surface area contributed by atoms with E-state index in [1.807, 2.05) is 12.2 Å². The number of unbranched alkanes of at least 4 members (excludes halogenated alkanes) is 17. The third kappa shape index (κ3) is 45.9. The third-order valence-electron chi connectivity index (χ3n) is 9.41. The van der Waals surface area contributed by atoms with Gasteiger partial charge < -0.3 is 19.3 Å². The summed E-state index contributed by atoms with van der Waals surface area (Å²) < 4.78 is 26.4. The Hall–Kier alpha value is -2.77. The smallest absolute Gasteiger partial charge is 0.462 e. The number of allylic oxidation sites excluding steroid dienone is 14. The van der Waals surface area contributed by atoms with Crippen molar-refractivity contribution < 1.29 is 37.9 Å². The SMILES string of the molecule is CC/C=C\C/C=C\C/C=C\C/C=C\C/C=C\C/C=C\CCC(=O)OC(COC(=O)CCCCCCCCCCC/C=C\CCCCCCCCCC)COP(=O)(O)O. The van der Waals surface area contributed by atoms with Gasteiger partial charge in [-0.2, -0.15) is 0 Å². The lowest BCUT2D eigenvalue weighted by Crippen LogP contribution is -2.29. The summed E-state index contributed by atoms with van der Waals surface area (Å²) in [5.41, 5.74) is 0. The first-order valence-corrected chi connectivity index (χ1v) is 24.4. The van der Waals surface area contributed by atoms with E-state index in [0.717, 1.165) is 57.8 Å². The molecule has 0 heterocycles. The lowest BCUT2D eigenvalue weighted by Gasteiger charge is -2.18. The highest BCUT2D eigenvalue weighted by Crippen LogP contribution is 2.36. The molecule has 0 aliphatic carbocycles. The van der Waals surface area contributed by atoms with Crippen molar-refractivity contribution in [2.24, 2.45) is 0 Å². The normalized spacial score (nSPS) is 13.2. The van der Waals surface area contributed by atoms with Gasteiger partial charge in [-0.25, -0.2) is 4.57 Å². The van der Waals surface area contributed by atoms with Crippen LogP contribution in [0.25, 0.3) is 0 Å². The molecule has 0 aromatic carbocycles. The predicted octanol–water partition coefficient (Wildman–Crippen LogP) is 14.4. The minimum atomic E-state index is -4.78. The van der Waals surface area contributed by atoms with Gasteiger partial charge in [0.2, 0.25) is 0 Å². The van der Waals surface area contributed by atoms with Gasteiger partial charge in [-0.3, -0.25) is 14.1 Å². The van der Waals surface area contributed by atoms with E-state index in [0.29, 0.717) is 12.8 Å². The zero-order valence-corrected chi connectivity index (χ0v) is 37.6. The maximum Gasteiger partial charge on any atom is 0.469 e. The third-order valence-corrected chi connectivity index (χ3v) is 9.90. The molecule has 0 aromatic rings. The fourth-order valence-corrected chi connectivity index (χ4v) is 6.40. The number of esters is 2. The van der Waals surface area contributed by atoms with Gasteiger partial charge in [0.15, 0.2) is 6.10 Å². The number of carbonyl (C=O) groups excluding carboxylic acids is 2. The van der Waals surface area contributed by atoms with Crippen molar-refractivity contribution in [1.82, 2.24) is 0 Å². The maximum atomic E-state index is 12.4. The fourth-order valence-electron chi connectivity index (χ4n) is 6.04. The molecule has 0 fully saturated rings. The minimum Gasteiger partial charge on any atom is -0.462 e. The quantitative estimate of drug-likeness (QED) is 0.0271. The van der Waals surface area contributed by atoms with Gasteiger partial charge in [0.25, 0.3) is 0 Å². The first-order chi connectivity index (χ1) is 28.3. The predicted molar refractivity (Wildman–Crippen MR) is 243 cm³/mol. The first kappa shape index (κ1) is 55.2. The summed E-state index contributed by atoms with van der Waals surface area (Å²) >= 11 is 0. The monoisotopic (exact) mass is 831 g/mol. The summed E-state index contributed by atoms with van der Waals surface area (Å²) in [6, 6.07) is 0. The molecule has 58 heavy (non-hydrogen) atoms. The molecule has 9 heteroatoms. The molecule has 0 aliphatic heterocycles. The largest absolute Gasteiger partial charge is 0.469 e. The Balaban J connectivity index is 3.99. The van der Waals surface area contributed by atoms with E-state index < -0.39 is 32.5 Å². The van der Waals surface area contributed by atoms with E-state index in [9.17, 15) is 14.2 Å². The van der Waals surface area contributed by atoms with Crippen molar-refractivity contribution >= 4 is 19.8 Å². The Kier molecular flexibility index (Phi) is 41.7. The summed E-state index contributed by atoms with van der Waals surface area (Å²) in [6.07, 6.45) is 58.9. The number of hydrogen-bond acceptors (Lipinski definition) is 6. The van der Waals surface area contributed by atoms with E-state index >= 15 is 0 Å². The highest BCUT2D eigenvalue weighted by molar-refractivity contribution is 7.46. The molecule has 0 aliphatic rings. The molecule has 0 bridgehead atoms. The Bertz CT molecular complexity index is 1210. The highest BCUT2D eigenvalue weighted by Gasteiger charge is 2.22. The molecule has 1 unspecified atom stereocenters. The minimum absolute atomic E-state index is 0.0826. The van der Waals surface area contributed by atoms with Crippen molar-refractivity contribution in [3.05, 3.63) is 85.1 Å². The van der Waals surface area contributed by atoms with Crippen LogP contribution in [-0.2, 0) is 28.2 Å². The standard InChI is InChI=1S/C49H83O8P/c1-3-5-7-9-11-13-15-17-19-21-23-24-26-27-29-31-33-35-37-39-41-43-48(50)55-45-47(46-56-58(52,53)54)57-49(51)44-42-40-38-36-34-32-30-28-25-22-20-18-16-14-12-10-8-6-4-2/h6,8,12,14,18,20-21,23,25,28,32,34,38,40,47H,3-5,7,9-11,13,15-17,19,22,24,26-27,29-31,33,35-37,39,41-46H2,1-2H3,(H2,52,53,54)/b8-6-,14-12-,20-18-,23-21-,28-25-,34-32-,40-38-. The molecular weight excluding hydrogens is 748 g/mol. The molecule has 0 aromatic heterocycles. The Morgan fingerprint density at radius 3 is 1.31 bits per heavy atom. The molecule has 0 saturated heterocycles. The fraction of sp³-hybridized carbons (Fsp3) is 0.673. The molecule has 0 rings (SSSR count). The zero-order chi connectivity index (χ0) is 42.5. The maximum absolute atomic E-state index is 12.4. The number of phosphoric ester groups is 1. The van der Waals surface area contributed by atoms with Crippen molar-refractivity contribution in [2.45, 2.75) is 200 Å². The second kappa shape index (κ2) is 43.8. The average molecular weight is 831 g/mol. The van der Waals surface area contributed by atoms with Crippen molar-refractivity contribution in [2.75, 3.05) is 13.2 Å². The number of rotatable bonds is 41. The van der Waals surface area contributed by atoms with E-state index in [2.05, 4.69) is 91.3 Å². The Morgan fingerprint density at radius 1 is 0.466 bits per heavy atom. The summed E-state index contributed by atoms with van der Waals surface area (Å²) in [5.74, 6) is -0.988. The molecule has 0 saturated carbocycles. The first-order valence-electron chi connectivity index (χ1n) is 22.9. The van der Waals surface area contributed by atoms with Crippen LogP contribution in [0, 0.1) is 0 Å². The molecule has 1 atom stereocenters. The summed E-state index contributed by atoms with van der Waals surface area (Å²) in [6.45, 7) is 3.51. The summed E-state index contributed by atoms with van der Waals surface area (Å²) in [4.78, 5) is 42.9. The topological polar surface area (TPSA) is 119 Å². The van der Waals surface area contributed by atoms with Crippen LogP contribution < -0.4 is 0 Å². The number of ether oxygens (including phenoxy) is 2. The van der Waals surface area contributed by atoms with Gasteiger partial charge in [0.1, 0.15) is 6.61 Å². The molecule has 332 valence electrons. The van der Waals surface area contributed by atoms with Crippen molar-refractivity contribution in [1.29, 1.82) is 0 Å². The number of phosphoric acid groups is 1. The van der Waals surface area contributed by atoms with Gasteiger partial charge >= 0.3 is 19.8 Å². The summed E-state index contributed by atoms with van der Waals surface area (Å²) in [5, 5.41) is 0. The van der Waals surface area contributed by atoms with Crippen LogP contribution in [0.3, 0.4) is 0 Å². The van der Waals surface area contributed by atoms with Crippen LogP contribution in [0.5, 0.6) is 0 Å². The van der Waals surface area contributed by atoms with Gasteiger partial charge in [-0.05, 0) is 77.0 Å². The van der Waals surface area contributed by atoms with Crippen molar-refractivity contribution in [3.8, 4) is 0 Å². The average Bonchev–Trinajstić information content (AvgIpc) is 3.20. The van der Waals surface area contributed by atoms with Crippen LogP contribution in [0.2, 0.25) is 0 Å².